The van der Waals surface area contributed by atoms with Gasteiger partial charge in [0.25, 0.3) is 0 Å². The van der Waals surface area contributed by atoms with Crippen molar-refractivity contribution in [2.75, 3.05) is 0 Å². The minimum absolute atomic E-state index is 0.116. The van der Waals surface area contributed by atoms with Crippen molar-refractivity contribution in [3.63, 3.8) is 0 Å². The Hall–Kier alpha value is -2.36. The molecule has 0 aliphatic rings. The van der Waals surface area contributed by atoms with Crippen molar-refractivity contribution in [2.24, 2.45) is 0 Å². The number of rotatable bonds is 4. The first-order valence-electron chi connectivity index (χ1n) is 6.89. The summed E-state index contributed by atoms with van der Waals surface area (Å²) in [6.07, 6.45) is 6.75. The van der Waals surface area contributed by atoms with E-state index in [1.165, 1.54) is 0 Å². The zero-order valence-corrected chi connectivity index (χ0v) is 13.5. The Morgan fingerprint density at radius 2 is 1.57 bits per heavy atom. The van der Waals surface area contributed by atoms with Crippen molar-refractivity contribution >= 4 is 40.8 Å². The summed E-state index contributed by atoms with van der Waals surface area (Å²) in [5.41, 5.74) is 1.93. The summed E-state index contributed by atoms with van der Waals surface area (Å²) in [6.45, 7) is 0. The first kappa shape index (κ1) is 15.5. The number of carbonyl (C=O) groups is 1. The number of nitrogens with zero attached hydrogens (tertiary/aromatic N) is 2. The molecule has 3 aromatic rings. The molecule has 0 unspecified atom stereocenters. The first-order valence-corrected chi connectivity index (χ1v) is 7.65. The molecule has 3 nitrogen and oxygen atoms in total. The average Bonchev–Trinajstić information content (AvgIpc) is 3.08. The summed E-state index contributed by atoms with van der Waals surface area (Å²) in [4.78, 5) is 16.9. The number of halogens is 2. The fourth-order valence-corrected chi connectivity index (χ4v) is 2.38. The molecule has 1 heterocycles. The number of ketones is 1. The lowest BCUT2D eigenvalue weighted by molar-refractivity contribution is 0.105. The number of hydrogen-bond donors (Lipinski definition) is 0. The normalized spacial score (nSPS) is 11.5. The Morgan fingerprint density at radius 1 is 0.957 bits per heavy atom. The molecule has 0 atom stereocenters. The Balaban J connectivity index is 2.04. The van der Waals surface area contributed by atoms with Crippen molar-refractivity contribution in [3.8, 4) is 0 Å². The predicted octanol–water partition coefficient (Wildman–Crippen LogP) is 5.07. The molecule has 5 heteroatoms. The molecule has 0 aliphatic carbocycles. The third-order valence-corrected chi connectivity index (χ3v) is 3.80. The molecule has 0 radical (unpaired) electrons. The molecule has 0 spiro atoms. The van der Waals surface area contributed by atoms with Crippen molar-refractivity contribution in [1.29, 1.82) is 0 Å². The fraction of sp³-hybridized carbons (Fsp3) is 0. The topological polar surface area (TPSA) is 34.9 Å². The quantitative estimate of drug-likeness (QED) is 0.490. The summed E-state index contributed by atoms with van der Waals surface area (Å²) in [5.74, 6) is -0.116. The number of imidazole rings is 1. The molecule has 0 saturated carbocycles. The Bertz CT molecular complexity index is 836. The highest BCUT2D eigenvalue weighted by Gasteiger charge is 2.14. The predicted molar refractivity (Wildman–Crippen MR) is 93.6 cm³/mol. The Labute approximate surface area is 143 Å². The SMILES string of the molecule is O=C(C(=Cc1ccc(Cl)cc1)n1ccnc1)c1ccc(Cl)cc1. The maximum absolute atomic E-state index is 12.8. The van der Waals surface area contributed by atoms with Gasteiger partial charge in [-0.3, -0.25) is 4.79 Å². The van der Waals surface area contributed by atoms with Crippen LogP contribution in [0.5, 0.6) is 0 Å². The molecule has 0 amide bonds. The second-order valence-electron chi connectivity index (χ2n) is 4.89. The van der Waals surface area contributed by atoms with E-state index in [1.54, 1.807) is 65.8 Å². The number of Topliss-reactive ketones (excluding diaryl/α,β-unsaturated/α-hetero) is 1. The summed E-state index contributed by atoms with van der Waals surface area (Å²) in [6, 6.07) is 14.1. The molecular formula is C18H12Cl2N2O. The van der Waals surface area contributed by atoms with Gasteiger partial charge in [-0.15, -0.1) is 0 Å². The monoisotopic (exact) mass is 342 g/mol. The molecule has 0 N–H and O–H groups in total. The van der Waals surface area contributed by atoms with Crippen molar-refractivity contribution in [3.05, 3.63) is 88.4 Å². The molecule has 23 heavy (non-hydrogen) atoms. The van der Waals surface area contributed by atoms with E-state index in [0.29, 0.717) is 21.3 Å². The van der Waals surface area contributed by atoms with Crippen LogP contribution in [0.15, 0.2) is 67.3 Å². The molecule has 0 fully saturated rings. The number of carbonyl (C=O) groups excluding carboxylic acids is 1. The van der Waals surface area contributed by atoms with E-state index in [2.05, 4.69) is 4.98 Å². The fourth-order valence-electron chi connectivity index (χ4n) is 2.12. The van der Waals surface area contributed by atoms with Gasteiger partial charge in [0.2, 0.25) is 5.78 Å². The van der Waals surface area contributed by atoms with E-state index in [0.717, 1.165) is 5.56 Å². The van der Waals surface area contributed by atoms with Crippen molar-refractivity contribution in [1.82, 2.24) is 9.55 Å². The standard InChI is InChI=1S/C18H12Cl2N2O/c19-15-5-1-13(2-6-15)11-17(22-10-9-21-12-22)18(23)14-3-7-16(20)8-4-14/h1-12H. The van der Waals surface area contributed by atoms with Crippen LogP contribution in [-0.2, 0) is 0 Å². The molecular weight excluding hydrogens is 331 g/mol. The maximum atomic E-state index is 12.8. The first-order chi connectivity index (χ1) is 11.1. The van der Waals surface area contributed by atoms with Crippen LogP contribution in [0.2, 0.25) is 10.0 Å². The molecule has 114 valence electrons. The second kappa shape index (κ2) is 6.82. The smallest absolute Gasteiger partial charge is 0.209 e. The molecule has 0 saturated heterocycles. The summed E-state index contributed by atoms with van der Waals surface area (Å²) in [5, 5.41) is 1.24. The molecule has 3 rings (SSSR count). The number of allylic oxidation sites excluding steroid dienone is 1. The van der Waals surface area contributed by atoms with Crippen LogP contribution in [-0.4, -0.2) is 15.3 Å². The van der Waals surface area contributed by atoms with Crippen LogP contribution in [0.4, 0.5) is 0 Å². The van der Waals surface area contributed by atoms with Gasteiger partial charge in [0.1, 0.15) is 0 Å². The third kappa shape index (κ3) is 3.70. The van der Waals surface area contributed by atoms with E-state index in [9.17, 15) is 4.79 Å². The lowest BCUT2D eigenvalue weighted by atomic mass is 10.1. The lowest BCUT2D eigenvalue weighted by Crippen LogP contribution is -2.08. The van der Waals surface area contributed by atoms with E-state index in [4.69, 9.17) is 23.2 Å². The number of aromatic nitrogens is 2. The van der Waals surface area contributed by atoms with Crippen LogP contribution in [0.1, 0.15) is 15.9 Å². The molecule has 1 aromatic heterocycles. The van der Waals surface area contributed by atoms with Crippen molar-refractivity contribution < 1.29 is 4.79 Å². The lowest BCUT2D eigenvalue weighted by Gasteiger charge is -2.08. The summed E-state index contributed by atoms with van der Waals surface area (Å²) in [7, 11) is 0. The van der Waals surface area contributed by atoms with Gasteiger partial charge in [-0.25, -0.2) is 4.98 Å². The largest absolute Gasteiger partial charge is 0.303 e. The van der Waals surface area contributed by atoms with E-state index in [-0.39, 0.29) is 5.78 Å². The minimum Gasteiger partial charge on any atom is -0.303 e. The van der Waals surface area contributed by atoms with Crippen LogP contribution in [0, 0.1) is 0 Å². The molecule has 0 aliphatic heterocycles. The Morgan fingerprint density at radius 3 is 2.13 bits per heavy atom. The van der Waals surface area contributed by atoms with E-state index in [1.807, 2.05) is 12.1 Å². The van der Waals surface area contributed by atoms with Gasteiger partial charge in [-0.2, -0.15) is 0 Å². The van der Waals surface area contributed by atoms with E-state index >= 15 is 0 Å². The van der Waals surface area contributed by atoms with Crippen LogP contribution < -0.4 is 0 Å². The second-order valence-corrected chi connectivity index (χ2v) is 5.76. The van der Waals surface area contributed by atoms with Gasteiger partial charge in [-0.05, 0) is 48.0 Å². The van der Waals surface area contributed by atoms with Gasteiger partial charge < -0.3 is 4.57 Å². The average molecular weight is 343 g/mol. The van der Waals surface area contributed by atoms with Gasteiger partial charge in [0.15, 0.2) is 0 Å². The van der Waals surface area contributed by atoms with Crippen LogP contribution >= 0.6 is 23.2 Å². The zero-order chi connectivity index (χ0) is 16.2. The minimum atomic E-state index is -0.116. The van der Waals surface area contributed by atoms with Crippen molar-refractivity contribution in [2.45, 2.75) is 0 Å². The number of hydrogen-bond acceptors (Lipinski definition) is 2. The summed E-state index contributed by atoms with van der Waals surface area (Å²) >= 11 is 11.8. The number of benzene rings is 2. The van der Waals surface area contributed by atoms with Crippen LogP contribution in [0.3, 0.4) is 0 Å². The van der Waals surface area contributed by atoms with Gasteiger partial charge in [-0.1, -0.05) is 35.3 Å². The van der Waals surface area contributed by atoms with Crippen LogP contribution in [0.25, 0.3) is 11.8 Å². The summed E-state index contributed by atoms with van der Waals surface area (Å²) < 4.78 is 1.69. The highest BCUT2D eigenvalue weighted by molar-refractivity contribution is 6.32. The third-order valence-electron chi connectivity index (χ3n) is 3.30. The highest BCUT2D eigenvalue weighted by Crippen LogP contribution is 2.20. The highest BCUT2D eigenvalue weighted by atomic mass is 35.5. The zero-order valence-electron chi connectivity index (χ0n) is 12.0. The van der Waals surface area contributed by atoms with E-state index < -0.39 is 0 Å². The van der Waals surface area contributed by atoms with Gasteiger partial charge in [0.05, 0.1) is 12.0 Å². The molecule has 2 aromatic carbocycles. The Kier molecular flexibility index (Phi) is 4.60. The molecule has 0 bridgehead atoms. The maximum Gasteiger partial charge on any atom is 0.209 e. The van der Waals surface area contributed by atoms with Gasteiger partial charge in [0, 0.05) is 28.0 Å². The van der Waals surface area contributed by atoms with Gasteiger partial charge >= 0.3 is 0 Å².